The summed E-state index contributed by atoms with van der Waals surface area (Å²) in [5, 5.41) is 22.9. The zero-order valence-corrected chi connectivity index (χ0v) is 59.9. The highest BCUT2D eigenvalue weighted by atomic mass is 35.5. The van der Waals surface area contributed by atoms with Crippen molar-refractivity contribution in [2.45, 2.75) is 62.0 Å². The largest absolute Gasteiger partial charge is 0.411 e. The number of oxime groups is 1. The van der Waals surface area contributed by atoms with E-state index in [4.69, 9.17) is 39.0 Å². The number of H-pyrrole nitrogens is 1. The quantitative estimate of drug-likeness (QED) is 0.0218. The summed E-state index contributed by atoms with van der Waals surface area (Å²) in [6.45, 7) is 26.6. The Hall–Kier alpha value is -11.1. The van der Waals surface area contributed by atoms with Gasteiger partial charge in [0, 0.05) is 175 Å². The van der Waals surface area contributed by atoms with Crippen LogP contribution in [-0.2, 0) is 12.4 Å². The smallest absolute Gasteiger partial charge is 0.259 e. The van der Waals surface area contributed by atoms with Gasteiger partial charge in [-0.25, -0.2) is 80.0 Å². The van der Waals surface area contributed by atoms with Crippen LogP contribution in [0.2, 0.25) is 0 Å². The van der Waals surface area contributed by atoms with Crippen molar-refractivity contribution in [1.82, 2.24) is 70.0 Å². The van der Waals surface area contributed by atoms with Crippen LogP contribution in [-0.4, -0.2) is 166 Å². The molecule has 7 unspecified atom stereocenters. The summed E-state index contributed by atoms with van der Waals surface area (Å²) in [5.41, 5.74) is 1.05. The first kappa shape index (κ1) is 74.7. The first-order valence-corrected chi connectivity index (χ1v) is 35.8. The molecule has 5 saturated carbocycles. The van der Waals surface area contributed by atoms with Crippen LogP contribution in [0.3, 0.4) is 0 Å². The fraction of sp³-hybridized carbons (Fsp3) is 0.425. The zero-order valence-electron chi connectivity index (χ0n) is 58.4. The van der Waals surface area contributed by atoms with Gasteiger partial charge in [0.25, 0.3) is 11.1 Å². The number of anilines is 4. The molecule has 16 heterocycles. The van der Waals surface area contributed by atoms with Crippen molar-refractivity contribution in [1.29, 1.82) is 0 Å². The molecule has 109 heavy (non-hydrogen) atoms. The van der Waals surface area contributed by atoms with Gasteiger partial charge in [-0.3, -0.25) is 14.2 Å². The highest BCUT2D eigenvalue weighted by Crippen LogP contribution is 2.59. The minimum absolute atomic E-state index is 0. The average molecular weight is 1540 g/mol. The number of aliphatic imine (C=N–C) groups is 2. The Morgan fingerprint density at radius 1 is 0.560 bits per heavy atom. The Morgan fingerprint density at radius 3 is 1.38 bits per heavy atom. The molecule has 10 fully saturated rings. The normalized spacial score (nSPS) is 27.8. The molecular formula is C73H71Cl2F6N23O5. The molecule has 9 aromatic rings. The van der Waals surface area contributed by atoms with Crippen molar-refractivity contribution >= 4 is 77.6 Å². The van der Waals surface area contributed by atoms with E-state index in [1.807, 2.05) is 13.8 Å². The molecule has 0 radical (unpaired) electrons. The number of nitrogens with one attached hydrogen (secondary N) is 2. The fourth-order valence-corrected chi connectivity index (χ4v) is 16.1. The number of hydrogen-bond acceptors (Lipinski definition) is 24. The predicted octanol–water partition coefficient (Wildman–Crippen LogP) is 9.50. The molecule has 9 aromatic heterocycles. The predicted molar refractivity (Wildman–Crippen MR) is 389 cm³/mol. The lowest BCUT2D eigenvalue weighted by molar-refractivity contribution is 0.319. The first-order valence-electron chi connectivity index (χ1n) is 35.2. The second kappa shape index (κ2) is 32.0. The van der Waals surface area contributed by atoms with Gasteiger partial charge in [-0.2, -0.15) is 14.4 Å². The van der Waals surface area contributed by atoms with E-state index in [-0.39, 0.29) is 83.0 Å². The summed E-state index contributed by atoms with van der Waals surface area (Å²) >= 11 is 5.66. The van der Waals surface area contributed by atoms with Gasteiger partial charge in [0.15, 0.2) is 23.3 Å². The van der Waals surface area contributed by atoms with Crippen molar-refractivity contribution in [2.24, 2.45) is 80.2 Å². The molecule has 564 valence electrons. The maximum atomic E-state index is 13.4. The van der Waals surface area contributed by atoms with Gasteiger partial charge in [-0.1, -0.05) is 24.2 Å². The van der Waals surface area contributed by atoms with Crippen LogP contribution in [0.5, 0.6) is 0 Å². The Bertz CT molecular complexity index is 5030. The van der Waals surface area contributed by atoms with Crippen molar-refractivity contribution < 1.29 is 40.6 Å². The fourth-order valence-electron chi connectivity index (χ4n) is 16.0. The number of nitrogens with zero attached hydrogens (tertiary/aromatic N) is 21. The van der Waals surface area contributed by atoms with Crippen molar-refractivity contribution in [2.75, 3.05) is 85.0 Å². The summed E-state index contributed by atoms with van der Waals surface area (Å²) in [5.74, 6) is 10.3. The molecule has 0 bridgehead atoms. The van der Waals surface area contributed by atoms with Crippen molar-refractivity contribution in [3.05, 3.63) is 217 Å². The van der Waals surface area contributed by atoms with Crippen molar-refractivity contribution in [3.63, 3.8) is 0 Å². The Morgan fingerprint density at radius 2 is 0.972 bits per heavy atom. The van der Waals surface area contributed by atoms with Crippen LogP contribution >= 0.6 is 24.0 Å². The SMILES string of the molecule is CC1C=Nc2nc[nH]c(=O)c21.CC1C=Nc2ncn(Cc3nc(C4[C@H]5CN(c6cc(F)ccn6)C[C@@H]45)no3)c(=O)c21.Cl.Fc1ccnc(F)c1.Fc1ccnc(N2C[C@@H]3C(c4noc(CCl)n4)[C@@H]3C2)c1.O/N=C/C1[C@H]2CN(c3cc(F)ccn3)C[C@@H]12.[C-]#[N+]C1[C@H]2CN(c3cc(F)ccn3)C[C@@H]12.[C-]#[N+]C1[C@H]2CNC[C@@H]12. The molecule has 12 aliphatic rings. The maximum absolute atomic E-state index is 13.4. The van der Waals surface area contributed by atoms with E-state index in [0.717, 1.165) is 101 Å². The van der Waals surface area contributed by atoms with Gasteiger partial charge >= 0.3 is 0 Å². The van der Waals surface area contributed by atoms with Gasteiger partial charge in [-0.05, 0) is 65.8 Å². The van der Waals surface area contributed by atoms with E-state index in [1.165, 1.54) is 90.5 Å². The van der Waals surface area contributed by atoms with Gasteiger partial charge in [0.05, 0.1) is 41.1 Å². The third-order valence-corrected chi connectivity index (χ3v) is 22.1. The minimum atomic E-state index is -0.787. The molecule has 0 spiro atoms. The van der Waals surface area contributed by atoms with Crippen LogP contribution < -0.4 is 36.0 Å². The number of rotatable bonds is 10. The molecule has 5 aliphatic carbocycles. The van der Waals surface area contributed by atoms with E-state index in [2.05, 4.69) is 110 Å². The van der Waals surface area contributed by atoms with E-state index in [1.54, 1.807) is 18.6 Å². The van der Waals surface area contributed by atoms with Crippen LogP contribution in [0.15, 0.2) is 138 Å². The number of piperidine rings is 5. The first-order chi connectivity index (χ1) is 52.4. The monoisotopic (exact) mass is 1530 g/mol. The standard InChI is InChI=1S/C20H18FN7O2.C13H12ClFN4O.C11H12FN3O.C11H10FN3.C7H7N3O.C6H8N2.C5H3F2N.ClH/c1-10-5-23-18-16(10)20(29)28(9-24-18)8-15-25-19(26-30-15)17-12-6-27(7-13(12)17)14-4-11(21)2-3-22-14;14-4-11-17-13(18-20-11)12-8-5-19(6-9(8)12)10-3-7(15)1-2-16-10;12-7-1-2-13-11(3-7)15-5-9-8(4-14-16)10(9)6-15;1-13-11-8-5-15(6-9(8)11)10-4-7(12)2-3-14-10;1-4-2-8-6-5(4)7(11)10-3-9-6;1-7-6-4-2-8-3-5(4)6;6-4-1-2-8-5(7)3-4;/h2-5,9-10,12-13,17H,6-8H2,1H3;1-3,8-9,12H,4-6H2;1-4,8-10,16H,5-6H2;2-4,8-9,11H,5-6H2;2-4H,1H3,(H,9,10,11);4-6,8H,2-3H2;1-3H;1H/b;;14-4+;;;;;/t10?,12-,13+,17?;8-,9+,12?;8?,9-,10+;8-,9+,11?;;4-,5+,6?;;. The van der Waals surface area contributed by atoms with Gasteiger partial charge in [0.1, 0.15) is 71.1 Å². The Kier molecular flexibility index (Phi) is 21.9. The number of fused-ring (bicyclic) bond motifs is 7. The highest BCUT2D eigenvalue weighted by Gasteiger charge is 2.63. The van der Waals surface area contributed by atoms with E-state index < -0.39 is 11.8 Å². The van der Waals surface area contributed by atoms with Gasteiger partial charge in [0.2, 0.25) is 29.8 Å². The van der Waals surface area contributed by atoms with E-state index >= 15 is 0 Å². The lowest BCUT2D eigenvalue weighted by Gasteiger charge is -2.20. The third kappa shape index (κ3) is 16.4. The van der Waals surface area contributed by atoms with E-state index in [0.29, 0.717) is 129 Å². The molecule has 3 N–H and O–H groups in total. The maximum Gasteiger partial charge on any atom is 0.259 e. The minimum Gasteiger partial charge on any atom is -0.411 e. The molecule has 17 atom stereocenters. The summed E-state index contributed by atoms with van der Waals surface area (Å²) in [6, 6.07) is 13.7. The molecule has 0 aromatic carbocycles. The molecular weight excluding hydrogens is 1460 g/mol. The van der Waals surface area contributed by atoms with Gasteiger partial charge < -0.3 is 53.8 Å². The Labute approximate surface area is 630 Å². The van der Waals surface area contributed by atoms with Gasteiger partial charge in [-0.15, -0.1) is 29.2 Å². The van der Waals surface area contributed by atoms with Crippen molar-refractivity contribution in [3.8, 4) is 0 Å². The van der Waals surface area contributed by atoms with Crippen LogP contribution in [0.25, 0.3) is 9.69 Å². The second-order valence-electron chi connectivity index (χ2n) is 28.4. The summed E-state index contributed by atoms with van der Waals surface area (Å²) in [7, 11) is 0. The topological polar surface area (TPSA) is 314 Å². The molecule has 7 aliphatic heterocycles. The molecule has 0 amide bonds. The van der Waals surface area contributed by atoms with E-state index in [9.17, 15) is 35.9 Å². The number of aromatic amines is 1. The zero-order chi connectivity index (χ0) is 75.0. The number of halogens is 8. The Balaban J connectivity index is 0.000000111. The summed E-state index contributed by atoms with van der Waals surface area (Å²) in [6.07, 6.45) is 14.9. The lowest BCUT2D eigenvalue weighted by atomic mass is 10.1. The summed E-state index contributed by atoms with van der Waals surface area (Å²) in [4.78, 5) is 86.8. The second-order valence-corrected chi connectivity index (χ2v) is 28.7. The van der Waals surface area contributed by atoms with Crippen LogP contribution in [0.4, 0.5) is 61.2 Å². The lowest BCUT2D eigenvalue weighted by Crippen LogP contribution is -2.25. The highest BCUT2D eigenvalue weighted by molar-refractivity contribution is 6.16. The van der Waals surface area contributed by atoms with Crippen LogP contribution in [0, 0.1) is 113 Å². The van der Waals surface area contributed by atoms with Crippen LogP contribution in [0.1, 0.15) is 72.1 Å². The third-order valence-electron chi connectivity index (χ3n) is 21.9. The number of hydrogen-bond donors (Lipinski definition) is 3. The summed E-state index contributed by atoms with van der Waals surface area (Å²) < 4.78 is 88.2. The number of aromatic nitrogens is 13. The molecule has 36 heteroatoms. The number of pyridine rings is 5. The average Bonchev–Trinajstić information content (AvgIpc) is 1.52. The molecule has 21 rings (SSSR count). The molecule has 5 saturated heterocycles. The molecule has 28 nitrogen and oxygen atoms in total. The number of alkyl halides is 1.